The summed E-state index contributed by atoms with van der Waals surface area (Å²) in [5.74, 6) is 0.364. The number of para-hydroxylation sites is 1. The number of rotatable bonds is 6. The molecule has 7 heteroatoms. The van der Waals surface area contributed by atoms with E-state index in [0.29, 0.717) is 23.7 Å². The van der Waals surface area contributed by atoms with Crippen molar-refractivity contribution in [3.05, 3.63) is 76.1 Å². The molecule has 0 radical (unpaired) electrons. The monoisotopic (exact) mass is 379 g/mol. The summed E-state index contributed by atoms with van der Waals surface area (Å²) >= 11 is 0. The number of aromatic nitrogens is 2. The third-order valence-electron chi connectivity index (χ3n) is 4.09. The minimum Gasteiger partial charge on any atom is -0.497 e. The molecule has 0 saturated carbocycles. The number of carbonyl (C=O) groups is 1. The van der Waals surface area contributed by atoms with Gasteiger partial charge in [-0.15, -0.1) is 0 Å². The summed E-state index contributed by atoms with van der Waals surface area (Å²) in [5, 5.41) is 7.00. The number of anilines is 1. The molecule has 0 aliphatic heterocycles. The van der Waals surface area contributed by atoms with Gasteiger partial charge in [0.15, 0.2) is 5.69 Å². The Balaban J connectivity index is 1.99. The maximum atomic E-state index is 12.7. The second kappa shape index (κ2) is 8.39. The van der Waals surface area contributed by atoms with Crippen LogP contribution in [0.5, 0.6) is 11.6 Å². The highest BCUT2D eigenvalue weighted by Gasteiger charge is 2.18. The van der Waals surface area contributed by atoms with Crippen molar-refractivity contribution in [2.75, 3.05) is 19.0 Å². The van der Waals surface area contributed by atoms with Gasteiger partial charge in [-0.05, 0) is 49.7 Å². The molecule has 0 spiro atoms. The molecule has 1 amide bonds. The zero-order valence-corrected chi connectivity index (χ0v) is 15.9. The average Bonchev–Trinajstić information content (AvgIpc) is 2.70. The van der Waals surface area contributed by atoms with Crippen LogP contribution in [0.15, 0.2) is 59.4 Å². The second-order valence-electron chi connectivity index (χ2n) is 6.01. The molecule has 2 aromatic carbocycles. The normalized spacial score (nSPS) is 10.4. The SMILES string of the molecule is CCOc1cc(=O)c(C(=O)Nc2ccc(OC)cc2C)nn1-c1ccccc1. The van der Waals surface area contributed by atoms with Gasteiger partial charge in [0.25, 0.3) is 5.91 Å². The van der Waals surface area contributed by atoms with Gasteiger partial charge in [-0.3, -0.25) is 9.59 Å². The summed E-state index contributed by atoms with van der Waals surface area (Å²) < 4.78 is 12.1. The zero-order chi connectivity index (χ0) is 20.1. The Labute approximate surface area is 162 Å². The Hall–Kier alpha value is -3.61. The summed E-state index contributed by atoms with van der Waals surface area (Å²) in [5.41, 5.74) is 1.33. The van der Waals surface area contributed by atoms with E-state index in [1.165, 1.54) is 10.7 Å². The summed E-state index contributed by atoms with van der Waals surface area (Å²) in [7, 11) is 1.57. The maximum absolute atomic E-state index is 12.7. The molecule has 0 fully saturated rings. The third kappa shape index (κ3) is 4.03. The predicted octanol–water partition coefficient (Wildman–Crippen LogP) is 3.20. The van der Waals surface area contributed by atoms with Crippen molar-refractivity contribution in [1.82, 2.24) is 9.78 Å². The Morgan fingerprint density at radius 3 is 2.54 bits per heavy atom. The van der Waals surface area contributed by atoms with Crippen LogP contribution < -0.4 is 20.2 Å². The number of hydrogen-bond donors (Lipinski definition) is 1. The van der Waals surface area contributed by atoms with Gasteiger partial charge in [-0.25, -0.2) is 4.68 Å². The van der Waals surface area contributed by atoms with Gasteiger partial charge in [0.1, 0.15) is 5.75 Å². The first kappa shape index (κ1) is 19.2. The molecular weight excluding hydrogens is 358 g/mol. The first-order chi connectivity index (χ1) is 13.5. The Morgan fingerprint density at radius 2 is 1.89 bits per heavy atom. The van der Waals surface area contributed by atoms with Gasteiger partial charge in [0.2, 0.25) is 11.3 Å². The molecule has 7 nitrogen and oxygen atoms in total. The standard InChI is InChI=1S/C21H21N3O4/c1-4-28-19-13-18(25)20(23-24(19)15-8-6-5-7-9-15)21(26)22-17-11-10-16(27-3)12-14(17)2/h5-13H,4H2,1-3H3,(H,22,26). The van der Waals surface area contributed by atoms with Crippen molar-refractivity contribution in [3.63, 3.8) is 0 Å². The topological polar surface area (TPSA) is 82.5 Å². The molecule has 0 bridgehead atoms. The number of nitrogens with zero attached hydrogens (tertiary/aromatic N) is 2. The molecule has 0 saturated heterocycles. The Bertz CT molecular complexity index is 1050. The lowest BCUT2D eigenvalue weighted by Gasteiger charge is -2.14. The van der Waals surface area contributed by atoms with E-state index in [2.05, 4.69) is 10.4 Å². The molecule has 3 rings (SSSR count). The van der Waals surface area contributed by atoms with E-state index in [1.54, 1.807) is 25.3 Å². The van der Waals surface area contributed by atoms with Gasteiger partial charge >= 0.3 is 0 Å². The molecule has 0 unspecified atom stereocenters. The van der Waals surface area contributed by atoms with E-state index < -0.39 is 11.3 Å². The lowest BCUT2D eigenvalue weighted by atomic mass is 10.2. The van der Waals surface area contributed by atoms with Crippen LogP contribution in [0.2, 0.25) is 0 Å². The van der Waals surface area contributed by atoms with Crippen molar-refractivity contribution in [1.29, 1.82) is 0 Å². The van der Waals surface area contributed by atoms with Crippen molar-refractivity contribution in [2.24, 2.45) is 0 Å². The van der Waals surface area contributed by atoms with Crippen LogP contribution in [0.25, 0.3) is 5.69 Å². The van der Waals surface area contributed by atoms with E-state index in [0.717, 1.165) is 5.56 Å². The van der Waals surface area contributed by atoms with Crippen LogP contribution in [0.1, 0.15) is 23.0 Å². The van der Waals surface area contributed by atoms with E-state index in [1.807, 2.05) is 44.2 Å². The first-order valence-electron chi connectivity index (χ1n) is 8.82. The van der Waals surface area contributed by atoms with Gasteiger partial charge in [0.05, 0.1) is 25.5 Å². The largest absolute Gasteiger partial charge is 0.497 e. The van der Waals surface area contributed by atoms with Crippen LogP contribution in [-0.2, 0) is 0 Å². The minimum atomic E-state index is -0.592. The molecular formula is C21H21N3O4. The molecule has 28 heavy (non-hydrogen) atoms. The van der Waals surface area contributed by atoms with Crippen molar-refractivity contribution >= 4 is 11.6 Å². The molecule has 0 atom stereocenters. The number of aryl methyl sites for hydroxylation is 1. The minimum absolute atomic E-state index is 0.220. The van der Waals surface area contributed by atoms with Crippen LogP contribution in [0.3, 0.4) is 0 Å². The van der Waals surface area contributed by atoms with Crippen LogP contribution >= 0.6 is 0 Å². The highest BCUT2D eigenvalue weighted by molar-refractivity contribution is 6.03. The molecule has 144 valence electrons. The lowest BCUT2D eigenvalue weighted by Crippen LogP contribution is -2.27. The van der Waals surface area contributed by atoms with Crippen LogP contribution in [-0.4, -0.2) is 29.4 Å². The van der Waals surface area contributed by atoms with E-state index >= 15 is 0 Å². The molecule has 0 aliphatic carbocycles. The van der Waals surface area contributed by atoms with Crippen LogP contribution in [0.4, 0.5) is 5.69 Å². The fourth-order valence-electron chi connectivity index (χ4n) is 2.69. The number of methoxy groups -OCH3 is 1. The summed E-state index contributed by atoms with van der Waals surface area (Å²) in [6.45, 7) is 4.02. The van der Waals surface area contributed by atoms with E-state index in [4.69, 9.17) is 9.47 Å². The Morgan fingerprint density at radius 1 is 1.14 bits per heavy atom. The van der Waals surface area contributed by atoms with Gasteiger partial charge in [-0.2, -0.15) is 5.10 Å². The molecule has 3 aromatic rings. The maximum Gasteiger partial charge on any atom is 0.280 e. The zero-order valence-electron chi connectivity index (χ0n) is 15.9. The van der Waals surface area contributed by atoms with E-state index in [-0.39, 0.29) is 11.6 Å². The molecule has 1 N–H and O–H groups in total. The van der Waals surface area contributed by atoms with Crippen molar-refractivity contribution in [2.45, 2.75) is 13.8 Å². The molecule has 1 aromatic heterocycles. The highest BCUT2D eigenvalue weighted by atomic mass is 16.5. The fourth-order valence-corrected chi connectivity index (χ4v) is 2.69. The predicted molar refractivity (Wildman–Crippen MR) is 107 cm³/mol. The third-order valence-corrected chi connectivity index (χ3v) is 4.09. The average molecular weight is 379 g/mol. The Kier molecular flexibility index (Phi) is 5.74. The van der Waals surface area contributed by atoms with Crippen molar-refractivity contribution < 1.29 is 14.3 Å². The van der Waals surface area contributed by atoms with Crippen LogP contribution in [0, 0.1) is 6.92 Å². The number of carbonyl (C=O) groups excluding carboxylic acids is 1. The summed E-state index contributed by atoms with van der Waals surface area (Å²) in [6.07, 6.45) is 0. The van der Waals surface area contributed by atoms with Crippen molar-refractivity contribution in [3.8, 4) is 17.3 Å². The summed E-state index contributed by atoms with van der Waals surface area (Å²) in [6, 6.07) is 15.7. The van der Waals surface area contributed by atoms with Gasteiger partial charge in [0, 0.05) is 5.69 Å². The number of benzene rings is 2. The first-order valence-corrected chi connectivity index (χ1v) is 8.82. The highest BCUT2D eigenvalue weighted by Crippen LogP contribution is 2.21. The number of amides is 1. The van der Waals surface area contributed by atoms with Gasteiger partial charge < -0.3 is 14.8 Å². The summed E-state index contributed by atoms with van der Waals surface area (Å²) in [4.78, 5) is 25.2. The molecule has 0 aliphatic rings. The van der Waals surface area contributed by atoms with E-state index in [9.17, 15) is 9.59 Å². The fraction of sp³-hybridized carbons (Fsp3) is 0.190. The quantitative estimate of drug-likeness (QED) is 0.711. The lowest BCUT2D eigenvalue weighted by molar-refractivity contribution is 0.101. The smallest absolute Gasteiger partial charge is 0.280 e. The van der Waals surface area contributed by atoms with Gasteiger partial charge in [-0.1, -0.05) is 18.2 Å². The molecule has 1 heterocycles. The number of hydrogen-bond acceptors (Lipinski definition) is 5. The number of nitrogens with one attached hydrogen (secondary N) is 1. The number of ether oxygens (including phenoxy) is 2. The second-order valence-corrected chi connectivity index (χ2v) is 6.01.